The predicted octanol–water partition coefficient (Wildman–Crippen LogP) is 3.45. The van der Waals surface area contributed by atoms with Gasteiger partial charge in [0.15, 0.2) is 0 Å². The van der Waals surface area contributed by atoms with Crippen LogP contribution in [0.5, 0.6) is 0 Å². The van der Waals surface area contributed by atoms with Crippen molar-refractivity contribution < 1.29 is 9.59 Å². The molecule has 0 bridgehead atoms. The Morgan fingerprint density at radius 1 is 1.08 bits per heavy atom. The van der Waals surface area contributed by atoms with E-state index in [1.807, 2.05) is 24.3 Å². The number of aromatic nitrogens is 1. The summed E-state index contributed by atoms with van der Waals surface area (Å²) in [5.41, 5.74) is 3.29. The Balaban J connectivity index is 1.63. The zero-order chi connectivity index (χ0) is 17.5. The van der Waals surface area contributed by atoms with E-state index in [2.05, 4.69) is 15.6 Å². The minimum absolute atomic E-state index is 0.108. The third-order valence-corrected chi connectivity index (χ3v) is 4.22. The Hall–Kier alpha value is -2.95. The van der Waals surface area contributed by atoms with Gasteiger partial charge in [0.1, 0.15) is 0 Å². The van der Waals surface area contributed by atoms with Gasteiger partial charge in [0.25, 0.3) is 5.91 Å². The molecular formula is C20H21N3O2. The molecule has 0 saturated heterocycles. The van der Waals surface area contributed by atoms with Gasteiger partial charge >= 0.3 is 0 Å². The molecule has 0 unspecified atom stereocenters. The Bertz CT molecular complexity index is 777. The summed E-state index contributed by atoms with van der Waals surface area (Å²) in [5.74, 6) is -0.301. The molecule has 0 spiro atoms. The second-order valence-corrected chi connectivity index (χ2v) is 6.08. The van der Waals surface area contributed by atoms with E-state index in [4.69, 9.17) is 0 Å². The summed E-state index contributed by atoms with van der Waals surface area (Å²) in [4.78, 5) is 28.3. The minimum Gasteiger partial charge on any atom is -0.348 e. The van der Waals surface area contributed by atoms with Crippen LogP contribution in [0, 0.1) is 0 Å². The molecule has 5 heteroatoms. The maximum absolute atomic E-state index is 12.2. The Morgan fingerprint density at radius 2 is 1.88 bits per heavy atom. The van der Waals surface area contributed by atoms with Gasteiger partial charge in [-0.1, -0.05) is 23.8 Å². The molecule has 0 aliphatic heterocycles. The molecule has 1 aliphatic rings. The van der Waals surface area contributed by atoms with Gasteiger partial charge in [-0.15, -0.1) is 0 Å². The summed E-state index contributed by atoms with van der Waals surface area (Å²) in [6, 6.07) is 10.9. The Morgan fingerprint density at radius 3 is 2.64 bits per heavy atom. The highest BCUT2D eigenvalue weighted by molar-refractivity contribution is 6.00. The standard InChI is InChI=1S/C20H21N3O2/c24-19(12-15-6-1-2-7-15)23-18-10-4-3-8-16(18)14-22-20(25)17-9-5-11-21-13-17/h3-5,8-13H,1-2,6-7,14H2,(H,22,25)(H,23,24). The van der Waals surface area contributed by atoms with Crippen molar-refractivity contribution in [2.24, 2.45) is 0 Å². The molecule has 0 radical (unpaired) electrons. The van der Waals surface area contributed by atoms with Crippen LogP contribution in [-0.2, 0) is 11.3 Å². The van der Waals surface area contributed by atoms with Crippen molar-refractivity contribution in [3.8, 4) is 0 Å². The van der Waals surface area contributed by atoms with Crippen LogP contribution in [0.4, 0.5) is 5.69 Å². The lowest BCUT2D eigenvalue weighted by Crippen LogP contribution is -2.23. The van der Waals surface area contributed by atoms with Gasteiger partial charge in [-0.3, -0.25) is 14.6 Å². The van der Waals surface area contributed by atoms with E-state index in [1.54, 1.807) is 24.4 Å². The van der Waals surface area contributed by atoms with Crippen molar-refractivity contribution in [2.45, 2.75) is 32.2 Å². The first-order valence-corrected chi connectivity index (χ1v) is 8.49. The van der Waals surface area contributed by atoms with Crippen LogP contribution in [0.25, 0.3) is 0 Å². The van der Waals surface area contributed by atoms with E-state index < -0.39 is 0 Å². The highest BCUT2D eigenvalue weighted by Gasteiger charge is 2.11. The second-order valence-electron chi connectivity index (χ2n) is 6.08. The molecule has 1 aliphatic carbocycles. The van der Waals surface area contributed by atoms with Gasteiger partial charge in [-0.2, -0.15) is 0 Å². The number of anilines is 1. The first-order chi connectivity index (χ1) is 12.2. The second kappa shape index (κ2) is 8.24. The highest BCUT2D eigenvalue weighted by atomic mass is 16.2. The molecule has 2 aromatic rings. The maximum Gasteiger partial charge on any atom is 0.253 e. The molecule has 1 fully saturated rings. The largest absolute Gasteiger partial charge is 0.348 e. The molecule has 25 heavy (non-hydrogen) atoms. The first-order valence-electron chi connectivity index (χ1n) is 8.49. The number of hydrogen-bond acceptors (Lipinski definition) is 3. The van der Waals surface area contributed by atoms with Gasteiger partial charge in [-0.05, 0) is 49.4 Å². The van der Waals surface area contributed by atoms with Gasteiger partial charge < -0.3 is 10.6 Å². The van der Waals surface area contributed by atoms with E-state index in [-0.39, 0.29) is 11.8 Å². The number of carbonyl (C=O) groups is 2. The average Bonchev–Trinajstić information content (AvgIpc) is 3.14. The lowest BCUT2D eigenvalue weighted by atomic mass is 10.1. The van der Waals surface area contributed by atoms with Crippen LogP contribution < -0.4 is 10.6 Å². The van der Waals surface area contributed by atoms with Crippen LogP contribution in [-0.4, -0.2) is 16.8 Å². The molecule has 3 rings (SSSR count). The number of rotatable bonds is 5. The third kappa shape index (κ3) is 4.76. The lowest BCUT2D eigenvalue weighted by molar-refractivity contribution is -0.112. The number of benzene rings is 1. The molecule has 2 amide bonds. The normalized spacial score (nSPS) is 13.4. The number of hydrogen-bond donors (Lipinski definition) is 2. The summed E-state index contributed by atoms with van der Waals surface area (Å²) in [5, 5.41) is 5.78. The zero-order valence-corrected chi connectivity index (χ0v) is 14.0. The average molecular weight is 335 g/mol. The number of amides is 2. The molecular weight excluding hydrogens is 314 g/mol. The fourth-order valence-electron chi connectivity index (χ4n) is 2.90. The molecule has 0 atom stereocenters. The van der Waals surface area contributed by atoms with Crippen LogP contribution in [0.15, 0.2) is 60.4 Å². The van der Waals surface area contributed by atoms with E-state index in [0.29, 0.717) is 17.8 Å². The van der Waals surface area contributed by atoms with E-state index >= 15 is 0 Å². The topological polar surface area (TPSA) is 71.1 Å². The summed E-state index contributed by atoms with van der Waals surface area (Å²) in [6.07, 6.45) is 9.20. The number of pyridine rings is 1. The van der Waals surface area contributed by atoms with E-state index in [1.165, 1.54) is 11.8 Å². The van der Waals surface area contributed by atoms with E-state index in [9.17, 15) is 9.59 Å². The Labute approximate surface area is 147 Å². The van der Waals surface area contributed by atoms with Gasteiger partial charge in [0.2, 0.25) is 5.91 Å². The van der Waals surface area contributed by atoms with Crippen LogP contribution in [0.2, 0.25) is 0 Å². The zero-order valence-electron chi connectivity index (χ0n) is 14.0. The summed E-state index contributed by atoms with van der Waals surface area (Å²) >= 11 is 0. The van der Waals surface area contributed by atoms with Crippen LogP contribution >= 0.6 is 0 Å². The summed E-state index contributed by atoms with van der Waals surface area (Å²) < 4.78 is 0. The third-order valence-electron chi connectivity index (χ3n) is 4.22. The minimum atomic E-state index is -0.192. The first kappa shape index (κ1) is 16.9. The van der Waals surface area contributed by atoms with Crippen molar-refractivity contribution in [3.05, 3.63) is 71.6 Å². The maximum atomic E-state index is 12.2. The fourth-order valence-corrected chi connectivity index (χ4v) is 2.90. The SMILES string of the molecule is O=C(C=C1CCCC1)Nc1ccccc1CNC(=O)c1cccnc1. The molecule has 5 nitrogen and oxygen atoms in total. The molecule has 1 aromatic heterocycles. The van der Waals surface area contributed by atoms with Crippen molar-refractivity contribution in [3.63, 3.8) is 0 Å². The quantitative estimate of drug-likeness (QED) is 0.822. The predicted molar refractivity (Wildman–Crippen MR) is 97.0 cm³/mol. The number of allylic oxidation sites excluding steroid dienone is 1. The number of nitrogens with zero attached hydrogens (tertiary/aromatic N) is 1. The van der Waals surface area contributed by atoms with Gasteiger partial charge in [-0.25, -0.2) is 0 Å². The molecule has 1 heterocycles. The monoisotopic (exact) mass is 335 g/mol. The van der Waals surface area contributed by atoms with Crippen molar-refractivity contribution >= 4 is 17.5 Å². The molecule has 128 valence electrons. The fraction of sp³-hybridized carbons (Fsp3) is 0.250. The summed E-state index contributed by atoms with van der Waals surface area (Å²) in [7, 11) is 0. The van der Waals surface area contributed by atoms with Gasteiger partial charge in [0, 0.05) is 30.7 Å². The van der Waals surface area contributed by atoms with Crippen LogP contribution in [0.3, 0.4) is 0 Å². The Kier molecular flexibility index (Phi) is 5.57. The highest BCUT2D eigenvalue weighted by Crippen LogP contribution is 2.24. The number of para-hydroxylation sites is 1. The molecule has 2 N–H and O–H groups in total. The van der Waals surface area contributed by atoms with E-state index in [0.717, 1.165) is 31.2 Å². The molecule has 1 saturated carbocycles. The summed E-state index contributed by atoms with van der Waals surface area (Å²) in [6.45, 7) is 0.334. The molecule has 1 aromatic carbocycles. The van der Waals surface area contributed by atoms with Crippen molar-refractivity contribution in [2.75, 3.05) is 5.32 Å². The van der Waals surface area contributed by atoms with Gasteiger partial charge in [0.05, 0.1) is 5.56 Å². The smallest absolute Gasteiger partial charge is 0.253 e. The van der Waals surface area contributed by atoms with Crippen LogP contribution in [0.1, 0.15) is 41.6 Å². The van der Waals surface area contributed by atoms with Crippen molar-refractivity contribution in [1.82, 2.24) is 10.3 Å². The lowest BCUT2D eigenvalue weighted by Gasteiger charge is -2.11. The van der Waals surface area contributed by atoms with Crippen molar-refractivity contribution in [1.29, 1.82) is 0 Å². The number of nitrogens with one attached hydrogen (secondary N) is 2. The number of carbonyl (C=O) groups excluding carboxylic acids is 2.